The molecule has 15 heavy (non-hydrogen) atoms. The molecule has 0 radical (unpaired) electrons. The molecule has 4 nitrogen and oxygen atoms in total. The highest BCUT2D eigenvalue weighted by Gasteiger charge is 1.94. The van der Waals surface area contributed by atoms with Crippen molar-refractivity contribution in [1.82, 2.24) is 10.3 Å². The molecule has 0 bridgehead atoms. The van der Waals surface area contributed by atoms with Crippen LogP contribution in [0.25, 0.3) is 0 Å². The molecule has 0 aliphatic heterocycles. The van der Waals surface area contributed by atoms with Crippen molar-refractivity contribution in [3.05, 3.63) is 23.9 Å². The molecule has 4 heteroatoms. The summed E-state index contributed by atoms with van der Waals surface area (Å²) >= 11 is 0. The first kappa shape index (κ1) is 11.9. The van der Waals surface area contributed by atoms with E-state index in [1.165, 1.54) is 5.56 Å². The van der Waals surface area contributed by atoms with Gasteiger partial charge in [0.15, 0.2) is 0 Å². The molecular weight excluding hydrogens is 190 g/mol. The smallest absolute Gasteiger partial charge is 0.125 e. The maximum Gasteiger partial charge on any atom is 0.125 e. The quantitative estimate of drug-likeness (QED) is 0.663. The van der Waals surface area contributed by atoms with Crippen molar-refractivity contribution in [2.24, 2.45) is 0 Å². The maximum absolute atomic E-state index is 4.94. The number of nitrogens with one attached hydrogen (secondary N) is 2. The molecule has 0 spiro atoms. The molecule has 0 aromatic carbocycles. The Kier molecular flexibility index (Phi) is 5.73. The molecule has 0 amide bonds. The lowest BCUT2D eigenvalue weighted by Gasteiger charge is -2.06. The van der Waals surface area contributed by atoms with Crippen LogP contribution in [0, 0.1) is 0 Å². The van der Waals surface area contributed by atoms with Crippen LogP contribution in [0.3, 0.4) is 0 Å². The number of anilines is 1. The van der Waals surface area contributed by atoms with E-state index in [1.54, 1.807) is 7.11 Å². The Morgan fingerprint density at radius 2 is 2.27 bits per heavy atom. The number of nitrogens with zero attached hydrogens (tertiary/aromatic N) is 1. The first-order chi connectivity index (χ1) is 7.36. The number of rotatable bonds is 7. The predicted octanol–water partition coefficient (Wildman–Crippen LogP) is 1.25. The summed E-state index contributed by atoms with van der Waals surface area (Å²) in [7, 11) is 1.69. The van der Waals surface area contributed by atoms with Gasteiger partial charge >= 0.3 is 0 Å². The van der Waals surface area contributed by atoms with Crippen LogP contribution in [0.4, 0.5) is 5.82 Å². The average Bonchev–Trinajstić information content (AvgIpc) is 2.28. The lowest BCUT2D eigenvalue weighted by Crippen LogP contribution is -2.12. The molecule has 0 saturated carbocycles. The van der Waals surface area contributed by atoms with Crippen molar-refractivity contribution in [2.45, 2.75) is 13.5 Å². The van der Waals surface area contributed by atoms with Crippen LogP contribution in [0.5, 0.6) is 0 Å². The Balaban J connectivity index is 2.35. The van der Waals surface area contributed by atoms with E-state index < -0.39 is 0 Å². The minimum Gasteiger partial charge on any atom is -0.383 e. The lowest BCUT2D eigenvalue weighted by molar-refractivity contribution is 0.210. The van der Waals surface area contributed by atoms with E-state index in [1.807, 2.05) is 12.3 Å². The Hall–Kier alpha value is -1.13. The first-order valence-electron chi connectivity index (χ1n) is 5.25. The first-order valence-corrected chi connectivity index (χ1v) is 5.25. The van der Waals surface area contributed by atoms with Gasteiger partial charge in [-0.25, -0.2) is 4.98 Å². The SMILES string of the molecule is CCNCc1ccc(NCCOC)nc1. The van der Waals surface area contributed by atoms with Gasteiger partial charge in [0.05, 0.1) is 6.61 Å². The Bertz CT molecular complexity index is 261. The third kappa shape index (κ3) is 4.76. The summed E-state index contributed by atoms with van der Waals surface area (Å²) in [5, 5.41) is 6.43. The number of ether oxygens (including phenoxy) is 1. The zero-order chi connectivity index (χ0) is 10.9. The second kappa shape index (κ2) is 7.20. The fraction of sp³-hybridized carbons (Fsp3) is 0.545. The van der Waals surface area contributed by atoms with Crippen LogP contribution < -0.4 is 10.6 Å². The molecule has 1 heterocycles. The predicted molar refractivity (Wildman–Crippen MR) is 62.0 cm³/mol. The fourth-order valence-electron chi connectivity index (χ4n) is 1.18. The molecule has 0 aliphatic rings. The zero-order valence-corrected chi connectivity index (χ0v) is 9.42. The summed E-state index contributed by atoms with van der Waals surface area (Å²) in [4.78, 5) is 4.30. The Labute approximate surface area is 91.1 Å². The van der Waals surface area contributed by atoms with E-state index in [0.717, 1.165) is 25.5 Å². The molecule has 84 valence electrons. The molecule has 0 unspecified atom stereocenters. The highest BCUT2D eigenvalue weighted by molar-refractivity contribution is 5.35. The normalized spacial score (nSPS) is 10.3. The second-order valence-corrected chi connectivity index (χ2v) is 3.25. The van der Waals surface area contributed by atoms with Gasteiger partial charge in [0.2, 0.25) is 0 Å². The summed E-state index contributed by atoms with van der Waals surface area (Å²) in [5.41, 5.74) is 1.20. The van der Waals surface area contributed by atoms with Crippen molar-refractivity contribution in [2.75, 3.05) is 32.1 Å². The van der Waals surface area contributed by atoms with Crippen LogP contribution in [-0.2, 0) is 11.3 Å². The maximum atomic E-state index is 4.94. The molecule has 2 N–H and O–H groups in total. The van der Waals surface area contributed by atoms with Crippen molar-refractivity contribution < 1.29 is 4.74 Å². The monoisotopic (exact) mass is 209 g/mol. The van der Waals surface area contributed by atoms with Gasteiger partial charge in [0.25, 0.3) is 0 Å². The van der Waals surface area contributed by atoms with E-state index in [4.69, 9.17) is 4.74 Å². The highest BCUT2D eigenvalue weighted by Crippen LogP contribution is 2.04. The van der Waals surface area contributed by atoms with E-state index in [9.17, 15) is 0 Å². The van der Waals surface area contributed by atoms with Crippen LogP contribution in [-0.4, -0.2) is 31.8 Å². The summed E-state index contributed by atoms with van der Waals surface area (Å²) in [5.74, 6) is 0.896. The van der Waals surface area contributed by atoms with Gasteiger partial charge in [0.1, 0.15) is 5.82 Å². The van der Waals surface area contributed by atoms with Gasteiger partial charge in [0, 0.05) is 26.4 Å². The van der Waals surface area contributed by atoms with Crippen LogP contribution >= 0.6 is 0 Å². The zero-order valence-electron chi connectivity index (χ0n) is 9.42. The number of aromatic nitrogens is 1. The minimum absolute atomic E-state index is 0.695. The summed E-state index contributed by atoms with van der Waals surface area (Å²) in [6.07, 6.45) is 1.89. The van der Waals surface area contributed by atoms with Crippen molar-refractivity contribution >= 4 is 5.82 Å². The number of methoxy groups -OCH3 is 1. The minimum atomic E-state index is 0.695. The van der Waals surface area contributed by atoms with Gasteiger partial charge < -0.3 is 15.4 Å². The number of hydrogen-bond donors (Lipinski definition) is 2. The van der Waals surface area contributed by atoms with E-state index in [-0.39, 0.29) is 0 Å². The van der Waals surface area contributed by atoms with Gasteiger partial charge in [-0.1, -0.05) is 13.0 Å². The third-order valence-electron chi connectivity index (χ3n) is 2.02. The van der Waals surface area contributed by atoms with Crippen molar-refractivity contribution in [1.29, 1.82) is 0 Å². The number of hydrogen-bond acceptors (Lipinski definition) is 4. The lowest BCUT2D eigenvalue weighted by atomic mass is 10.3. The van der Waals surface area contributed by atoms with Crippen LogP contribution in [0.15, 0.2) is 18.3 Å². The summed E-state index contributed by atoms with van der Waals surface area (Å²) in [6.45, 7) is 5.43. The molecule has 1 aromatic rings. The van der Waals surface area contributed by atoms with Gasteiger partial charge in [-0.15, -0.1) is 0 Å². The van der Waals surface area contributed by atoms with Crippen molar-refractivity contribution in [3.8, 4) is 0 Å². The average molecular weight is 209 g/mol. The molecule has 0 atom stereocenters. The highest BCUT2D eigenvalue weighted by atomic mass is 16.5. The van der Waals surface area contributed by atoms with Crippen LogP contribution in [0.2, 0.25) is 0 Å². The van der Waals surface area contributed by atoms with Gasteiger partial charge in [-0.3, -0.25) is 0 Å². The molecule has 1 aromatic heterocycles. The summed E-state index contributed by atoms with van der Waals surface area (Å²) < 4.78 is 4.94. The fourth-order valence-corrected chi connectivity index (χ4v) is 1.18. The molecular formula is C11H19N3O. The van der Waals surface area contributed by atoms with Gasteiger partial charge in [-0.05, 0) is 18.2 Å². The molecule has 1 rings (SSSR count). The largest absolute Gasteiger partial charge is 0.383 e. The van der Waals surface area contributed by atoms with E-state index in [2.05, 4.69) is 28.6 Å². The Morgan fingerprint density at radius 1 is 1.40 bits per heavy atom. The third-order valence-corrected chi connectivity index (χ3v) is 2.02. The van der Waals surface area contributed by atoms with E-state index in [0.29, 0.717) is 6.61 Å². The molecule has 0 fully saturated rings. The summed E-state index contributed by atoms with van der Waals surface area (Å²) in [6, 6.07) is 4.06. The van der Waals surface area contributed by atoms with Crippen molar-refractivity contribution in [3.63, 3.8) is 0 Å². The number of pyridine rings is 1. The Morgan fingerprint density at radius 3 is 2.87 bits per heavy atom. The van der Waals surface area contributed by atoms with Gasteiger partial charge in [-0.2, -0.15) is 0 Å². The topological polar surface area (TPSA) is 46.2 Å². The van der Waals surface area contributed by atoms with E-state index >= 15 is 0 Å². The molecule has 0 aliphatic carbocycles. The van der Waals surface area contributed by atoms with Crippen LogP contribution in [0.1, 0.15) is 12.5 Å². The second-order valence-electron chi connectivity index (χ2n) is 3.25. The standard InChI is InChI=1S/C11H19N3O/c1-3-12-8-10-4-5-11(14-9-10)13-6-7-15-2/h4-5,9,12H,3,6-8H2,1-2H3,(H,13,14). The molecule has 0 saturated heterocycles.